The van der Waals surface area contributed by atoms with Crippen molar-refractivity contribution in [3.05, 3.63) is 43.4 Å². The first-order valence-electron chi connectivity index (χ1n) is 4.17. The fraction of sp³-hybridized carbons (Fsp3) is 0.100. The van der Waals surface area contributed by atoms with Crippen molar-refractivity contribution < 1.29 is 9.21 Å². The van der Waals surface area contributed by atoms with Crippen molar-refractivity contribution in [3.63, 3.8) is 0 Å². The number of furan rings is 1. The molecule has 0 N–H and O–H groups in total. The fourth-order valence-corrected chi connectivity index (χ4v) is 2.95. The van der Waals surface area contributed by atoms with Crippen molar-refractivity contribution in [2.24, 2.45) is 0 Å². The Morgan fingerprint density at radius 2 is 2.13 bits per heavy atom. The number of rotatable bonds is 3. The van der Waals surface area contributed by atoms with Crippen LogP contribution in [0.5, 0.6) is 0 Å². The van der Waals surface area contributed by atoms with Crippen LogP contribution in [0.15, 0.2) is 37.1 Å². The highest BCUT2D eigenvalue weighted by Crippen LogP contribution is 2.25. The van der Waals surface area contributed by atoms with Gasteiger partial charge in [0, 0.05) is 15.8 Å². The summed E-state index contributed by atoms with van der Waals surface area (Å²) in [5, 5.41) is 1.95. The van der Waals surface area contributed by atoms with E-state index in [0.717, 1.165) is 9.35 Å². The summed E-state index contributed by atoms with van der Waals surface area (Å²) in [7, 11) is 0. The van der Waals surface area contributed by atoms with Gasteiger partial charge in [-0.3, -0.25) is 4.79 Å². The third-order valence-corrected chi connectivity index (χ3v) is 4.21. The third kappa shape index (κ3) is 2.59. The minimum absolute atomic E-state index is 0.0103. The van der Waals surface area contributed by atoms with Gasteiger partial charge in [-0.1, -0.05) is 0 Å². The molecule has 0 aromatic carbocycles. The molecule has 0 aliphatic carbocycles. The minimum atomic E-state index is -0.0103. The van der Waals surface area contributed by atoms with Crippen molar-refractivity contribution in [2.45, 2.75) is 6.42 Å². The maximum absolute atomic E-state index is 11.7. The van der Waals surface area contributed by atoms with Crippen LogP contribution in [0.4, 0.5) is 0 Å². The zero-order valence-electron chi connectivity index (χ0n) is 7.50. The predicted octanol–water partition coefficient (Wildman–Crippen LogP) is 4.29. The topological polar surface area (TPSA) is 30.2 Å². The largest absolute Gasteiger partial charge is 0.446 e. The molecule has 2 aromatic heterocycles. The van der Waals surface area contributed by atoms with Crippen LogP contribution in [0.3, 0.4) is 0 Å². The van der Waals surface area contributed by atoms with Crippen LogP contribution in [-0.2, 0) is 6.42 Å². The van der Waals surface area contributed by atoms with E-state index in [9.17, 15) is 4.79 Å². The van der Waals surface area contributed by atoms with Gasteiger partial charge in [-0.2, -0.15) is 0 Å². The molecule has 0 spiro atoms. The van der Waals surface area contributed by atoms with Gasteiger partial charge in [-0.25, -0.2) is 0 Å². The highest BCUT2D eigenvalue weighted by atomic mass is 79.9. The van der Waals surface area contributed by atoms with Crippen LogP contribution in [0.1, 0.15) is 15.4 Å². The van der Waals surface area contributed by atoms with Crippen molar-refractivity contribution in [1.82, 2.24) is 0 Å². The molecule has 0 radical (unpaired) electrons. The zero-order chi connectivity index (χ0) is 10.8. The standard InChI is InChI=1S/C10H6Br2O2S/c11-6-3-4-15-9(6)5-7(13)8-1-2-10(12)14-8/h1-4H,5H2. The Labute approximate surface area is 108 Å². The molecular formula is C10H6Br2O2S. The lowest BCUT2D eigenvalue weighted by Crippen LogP contribution is -2.00. The van der Waals surface area contributed by atoms with Gasteiger partial charge in [-0.05, 0) is 55.4 Å². The van der Waals surface area contributed by atoms with E-state index < -0.39 is 0 Å². The second-order valence-corrected chi connectivity index (χ2v) is 5.53. The lowest BCUT2D eigenvalue weighted by atomic mass is 10.2. The fourth-order valence-electron chi connectivity index (χ4n) is 1.15. The average Bonchev–Trinajstić information content (AvgIpc) is 2.77. The number of carbonyl (C=O) groups excluding carboxylic acids is 1. The molecule has 2 nitrogen and oxygen atoms in total. The van der Waals surface area contributed by atoms with Gasteiger partial charge in [0.2, 0.25) is 5.78 Å². The van der Waals surface area contributed by atoms with E-state index in [1.165, 1.54) is 0 Å². The van der Waals surface area contributed by atoms with Crippen molar-refractivity contribution >= 4 is 49.0 Å². The number of halogens is 2. The van der Waals surface area contributed by atoms with Crippen molar-refractivity contribution in [2.75, 3.05) is 0 Å². The van der Waals surface area contributed by atoms with E-state index in [1.807, 2.05) is 11.4 Å². The first kappa shape index (κ1) is 11.1. The molecule has 15 heavy (non-hydrogen) atoms. The monoisotopic (exact) mass is 348 g/mol. The molecule has 2 rings (SSSR count). The summed E-state index contributed by atoms with van der Waals surface area (Å²) in [4.78, 5) is 12.8. The van der Waals surface area contributed by atoms with Gasteiger partial charge in [0.1, 0.15) is 0 Å². The van der Waals surface area contributed by atoms with Gasteiger partial charge in [0.15, 0.2) is 10.4 Å². The molecule has 0 saturated carbocycles. The molecule has 0 atom stereocenters. The number of carbonyl (C=O) groups is 1. The average molecular weight is 350 g/mol. The van der Waals surface area contributed by atoms with E-state index in [2.05, 4.69) is 31.9 Å². The molecule has 78 valence electrons. The van der Waals surface area contributed by atoms with Gasteiger partial charge in [0.05, 0.1) is 0 Å². The van der Waals surface area contributed by atoms with E-state index in [-0.39, 0.29) is 5.78 Å². The number of ketones is 1. The van der Waals surface area contributed by atoms with Gasteiger partial charge in [0.25, 0.3) is 0 Å². The normalized spacial score (nSPS) is 10.5. The summed E-state index contributed by atoms with van der Waals surface area (Å²) in [5.74, 6) is 0.381. The van der Waals surface area contributed by atoms with Crippen LogP contribution >= 0.6 is 43.2 Å². The highest BCUT2D eigenvalue weighted by Gasteiger charge is 2.13. The van der Waals surface area contributed by atoms with E-state index in [0.29, 0.717) is 16.9 Å². The summed E-state index contributed by atoms with van der Waals surface area (Å²) in [6.45, 7) is 0. The van der Waals surface area contributed by atoms with E-state index in [1.54, 1.807) is 23.5 Å². The molecule has 2 heterocycles. The molecule has 0 fully saturated rings. The smallest absolute Gasteiger partial charge is 0.203 e. The molecule has 0 aliphatic rings. The minimum Gasteiger partial charge on any atom is -0.446 e. The van der Waals surface area contributed by atoms with E-state index >= 15 is 0 Å². The second-order valence-electron chi connectivity index (χ2n) is 2.90. The SMILES string of the molecule is O=C(Cc1sccc1Br)c1ccc(Br)o1. The molecule has 0 bridgehead atoms. The molecule has 5 heteroatoms. The van der Waals surface area contributed by atoms with Crippen molar-refractivity contribution in [3.8, 4) is 0 Å². The molecule has 2 aromatic rings. The first-order chi connectivity index (χ1) is 7.16. The van der Waals surface area contributed by atoms with E-state index in [4.69, 9.17) is 4.42 Å². The summed E-state index contributed by atoms with van der Waals surface area (Å²) >= 11 is 8.12. The second kappa shape index (κ2) is 4.63. The number of Topliss-reactive ketones (excluding diaryl/α,β-unsaturated/α-hetero) is 1. The lowest BCUT2D eigenvalue weighted by Gasteiger charge is -1.95. The maximum atomic E-state index is 11.7. The maximum Gasteiger partial charge on any atom is 0.203 e. The third-order valence-electron chi connectivity index (χ3n) is 1.86. The van der Waals surface area contributed by atoms with Gasteiger partial charge < -0.3 is 4.42 Å². The molecule has 0 saturated heterocycles. The van der Waals surface area contributed by atoms with Crippen molar-refractivity contribution in [1.29, 1.82) is 0 Å². The summed E-state index contributed by atoms with van der Waals surface area (Å²) in [6, 6.07) is 5.33. The summed E-state index contributed by atoms with van der Waals surface area (Å²) in [5.41, 5.74) is 0. The molecule has 0 aliphatic heterocycles. The Morgan fingerprint density at radius 3 is 2.67 bits per heavy atom. The number of hydrogen-bond acceptors (Lipinski definition) is 3. The first-order valence-corrected chi connectivity index (χ1v) is 6.64. The van der Waals surface area contributed by atoms with Crippen LogP contribution in [-0.4, -0.2) is 5.78 Å². The van der Waals surface area contributed by atoms with Crippen LogP contribution < -0.4 is 0 Å². The number of hydrogen-bond donors (Lipinski definition) is 0. The van der Waals surface area contributed by atoms with Crippen LogP contribution in [0.2, 0.25) is 0 Å². The quantitative estimate of drug-likeness (QED) is 0.773. The molecular weight excluding hydrogens is 344 g/mol. The zero-order valence-corrected chi connectivity index (χ0v) is 11.5. The Hall–Kier alpha value is -0.390. The Kier molecular flexibility index (Phi) is 3.43. The Balaban J connectivity index is 2.14. The highest BCUT2D eigenvalue weighted by molar-refractivity contribution is 9.10. The Morgan fingerprint density at radius 1 is 1.33 bits per heavy atom. The lowest BCUT2D eigenvalue weighted by molar-refractivity contribution is 0.0966. The summed E-state index contributed by atoms with van der Waals surface area (Å²) in [6.07, 6.45) is 0.373. The van der Waals surface area contributed by atoms with Gasteiger partial charge >= 0.3 is 0 Å². The Bertz CT molecular complexity index is 487. The summed E-state index contributed by atoms with van der Waals surface area (Å²) < 4.78 is 6.75. The molecule has 0 unspecified atom stereocenters. The number of thiophene rings is 1. The molecule has 0 amide bonds. The predicted molar refractivity (Wildman–Crippen MR) is 66.5 cm³/mol. The van der Waals surface area contributed by atoms with Crippen LogP contribution in [0, 0.1) is 0 Å². The van der Waals surface area contributed by atoms with Crippen LogP contribution in [0.25, 0.3) is 0 Å². The van der Waals surface area contributed by atoms with Gasteiger partial charge in [-0.15, -0.1) is 11.3 Å².